The van der Waals surface area contributed by atoms with Crippen molar-refractivity contribution in [3.8, 4) is 0 Å². The second kappa shape index (κ2) is 8.00. The maximum Gasteiger partial charge on any atom is 0.340 e. The molecule has 28 heavy (non-hydrogen) atoms. The van der Waals surface area contributed by atoms with Gasteiger partial charge in [0.2, 0.25) is 0 Å². The Labute approximate surface area is 177 Å². The summed E-state index contributed by atoms with van der Waals surface area (Å²) in [5.41, 5.74) is 2.82. The highest BCUT2D eigenvalue weighted by Gasteiger charge is 2.38. The number of aryl methyl sites for hydroxylation is 1. The molecular weight excluding hydrogens is 421 g/mol. The fourth-order valence-electron chi connectivity index (χ4n) is 2.99. The highest BCUT2D eigenvalue weighted by molar-refractivity contribution is 6.36. The molecule has 1 aliphatic rings. The highest BCUT2D eigenvalue weighted by Crippen LogP contribution is 2.37. The molecule has 1 heterocycles. The zero-order valence-electron chi connectivity index (χ0n) is 15.3. The topological polar surface area (TPSA) is 46.6 Å². The smallest absolute Gasteiger partial charge is 0.340 e. The van der Waals surface area contributed by atoms with Gasteiger partial charge in [0.05, 0.1) is 23.9 Å². The van der Waals surface area contributed by atoms with E-state index >= 15 is 0 Å². The quantitative estimate of drug-likeness (QED) is 0.449. The van der Waals surface area contributed by atoms with Crippen LogP contribution in [0, 0.1) is 6.92 Å². The van der Waals surface area contributed by atoms with E-state index in [2.05, 4.69) is 0 Å². The molecule has 2 aromatic carbocycles. The van der Waals surface area contributed by atoms with E-state index in [1.54, 1.807) is 43.3 Å². The Balaban J connectivity index is 2.17. The van der Waals surface area contributed by atoms with Crippen LogP contribution in [0.15, 0.2) is 53.2 Å². The summed E-state index contributed by atoms with van der Waals surface area (Å²) in [6.07, 6.45) is 1.56. The monoisotopic (exact) mass is 435 g/mol. The third-order valence-corrected chi connectivity index (χ3v) is 5.44. The van der Waals surface area contributed by atoms with Gasteiger partial charge in [-0.25, -0.2) is 4.79 Å². The van der Waals surface area contributed by atoms with Gasteiger partial charge in [-0.1, -0.05) is 46.9 Å². The second-order valence-electron chi connectivity index (χ2n) is 6.25. The molecule has 0 spiro atoms. The minimum Gasteiger partial charge on any atom is -0.465 e. The normalized spacial score (nSPS) is 15.6. The number of esters is 1. The molecule has 1 aliphatic heterocycles. The van der Waals surface area contributed by atoms with Crippen molar-refractivity contribution in [2.45, 2.75) is 13.8 Å². The molecule has 0 unspecified atom stereocenters. The summed E-state index contributed by atoms with van der Waals surface area (Å²) in [4.78, 5) is 27.1. The van der Waals surface area contributed by atoms with Crippen molar-refractivity contribution in [1.82, 2.24) is 0 Å². The molecule has 0 saturated heterocycles. The largest absolute Gasteiger partial charge is 0.465 e. The lowest BCUT2D eigenvalue weighted by Crippen LogP contribution is -2.24. The van der Waals surface area contributed by atoms with E-state index in [-0.39, 0.29) is 17.1 Å². The third-order valence-electron chi connectivity index (χ3n) is 4.47. The fourth-order valence-corrected chi connectivity index (χ4v) is 3.62. The zero-order chi connectivity index (χ0) is 20.6. The number of ether oxygens (including phenoxy) is 1. The lowest BCUT2D eigenvalue weighted by Gasteiger charge is -2.18. The number of benzene rings is 2. The summed E-state index contributed by atoms with van der Waals surface area (Å²) in [5.74, 6) is -0.980. The second-order valence-corrected chi connectivity index (χ2v) is 7.50. The van der Waals surface area contributed by atoms with Crippen molar-refractivity contribution in [2.75, 3.05) is 12.0 Å². The van der Waals surface area contributed by atoms with Crippen molar-refractivity contribution < 1.29 is 14.3 Å². The predicted octanol–water partition coefficient (Wildman–Crippen LogP) is 5.83. The summed E-state index contributed by atoms with van der Waals surface area (Å²) in [5, 5.41) is 1.36. The Bertz CT molecular complexity index is 1060. The van der Waals surface area contributed by atoms with Gasteiger partial charge in [0, 0.05) is 20.8 Å². The Kier molecular flexibility index (Phi) is 5.84. The molecule has 0 atom stereocenters. The third kappa shape index (κ3) is 3.68. The van der Waals surface area contributed by atoms with Gasteiger partial charge in [0.1, 0.15) is 0 Å². The van der Waals surface area contributed by atoms with Gasteiger partial charge in [0.25, 0.3) is 5.91 Å². The van der Waals surface area contributed by atoms with Crippen molar-refractivity contribution >= 4 is 58.4 Å². The molecule has 7 heteroatoms. The van der Waals surface area contributed by atoms with E-state index in [1.807, 2.05) is 13.0 Å². The molecule has 144 valence electrons. The number of hydrogen-bond acceptors (Lipinski definition) is 3. The van der Waals surface area contributed by atoms with Gasteiger partial charge in [-0.2, -0.15) is 0 Å². The molecule has 0 radical (unpaired) electrons. The van der Waals surface area contributed by atoms with Crippen LogP contribution < -0.4 is 4.90 Å². The summed E-state index contributed by atoms with van der Waals surface area (Å²) < 4.78 is 4.90. The Hall–Kier alpha value is -2.27. The average molecular weight is 437 g/mol. The van der Waals surface area contributed by atoms with Crippen LogP contribution in [0.5, 0.6) is 0 Å². The van der Waals surface area contributed by atoms with E-state index in [0.29, 0.717) is 32.0 Å². The van der Waals surface area contributed by atoms with Gasteiger partial charge in [-0.15, -0.1) is 0 Å². The lowest BCUT2D eigenvalue weighted by atomic mass is 10.0. The number of anilines is 1. The first-order valence-electron chi connectivity index (χ1n) is 8.31. The summed E-state index contributed by atoms with van der Waals surface area (Å²) in [6, 6.07) is 10.2. The Morgan fingerprint density at radius 3 is 2.36 bits per heavy atom. The van der Waals surface area contributed by atoms with E-state index in [1.165, 1.54) is 12.0 Å². The minimum absolute atomic E-state index is 0.176. The minimum atomic E-state index is -0.608. The summed E-state index contributed by atoms with van der Waals surface area (Å²) >= 11 is 18.4. The van der Waals surface area contributed by atoms with Crippen LogP contribution in [-0.4, -0.2) is 19.0 Å². The molecule has 0 N–H and O–H groups in total. The SMILES string of the molecule is COC(=O)C1=C(C)N(c2ccc(C)c(Cl)c2)C(=O)/C1=C\c1ccc(Cl)cc1Cl. The van der Waals surface area contributed by atoms with Gasteiger partial charge < -0.3 is 4.74 Å². The Morgan fingerprint density at radius 2 is 1.75 bits per heavy atom. The number of carbonyl (C=O) groups excluding carboxylic acids is 2. The molecule has 0 saturated carbocycles. The average Bonchev–Trinajstić information content (AvgIpc) is 2.89. The number of rotatable bonds is 3. The van der Waals surface area contributed by atoms with E-state index < -0.39 is 5.97 Å². The van der Waals surface area contributed by atoms with Crippen molar-refractivity contribution in [1.29, 1.82) is 0 Å². The molecule has 0 aliphatic carbocycles. The Morgan fingerprint density at radius 1 is 1.04 bits per heavy atom. The maximum absolute atomic E-state index is 13.2. The van der Waals surface area contributed by atoms with Gasteiger partial charge in [0.15, 0.2) is 0 Å². The van der Waals surface area contributed by atoms with Crippen LogP contribution in [0.1, 0.15) is 18.1 Å². The first-order chi connectivity index (χ1) is 13.2. The van der Waals surface area contributed by atoms with Crippen molar-refractivity contribution in [2.24, 2.45) is 0 Å². The van der Waals surface area contributed by atoms with Gasteiger partial charge in [-0.3, -0.25) is 9.69 Å². The molecule has 3 rings (SSSR count). The number of hydrogen-bond donors (Lipinski definition) is 0. The standard InChI is InChI=1S/C21H16Cl3NO3/c1-11-4-7-15(10-17(11)23)25-12(2)19(21(27)28-3)16(20(25)26)8-13-5-6-14(22)9-18(13)24/h4-10H,1-3H3/b16-8-. The molecular formula is C21H16Cl3NO3. The molecule has 4 nitrogen and oxygen atoms in total. The van der Waals surface area contributed by atoms with Crippen LogP contribution >= 0.6 is 34.8 Å². The number of methoxy groups -OCH3 is 1. The van der Waals surface area contributed by atoms with E-state index in [9.17, 15) is 9.59 Å². The number of allylic oxidation sites excluding steroid dienone is 1. The number of amides is 1. The molecule has 0 fully saturated rings. The van der Waals surface area contributed by atoms with Crippen LogP contribution in [0.25, 0.3) is 6.08 Å². The molecule has 1 amide bonds. The van der Waals surface area contributed by atoms with Crippen LogP contribution in [0.4, 0.5) is 5.69 Å². The van der Waals surface area contributed by atoms with Crippen molar-refractivity contribution in [3.63, 3.8) is 0 Å². The van der Waals surface area contributed by atoms with Crippen LogP contribution in [0.3, 0.4) is 0 Å². The van der Waals surface area contributed by atoms with Gasteiger partial charge in [-0.05, 0) is 55.3 Å². The summed E-state index contributed by atoms with van der Waals surface area (Å²) in [6.45, 7) is 3.55. The first-order valence-corrected chi connectivity index (χ1v) is 9.45. The van der Waals surface area contributed by atoms with E-state index in [4.69, 9.17) is 39.5 Å². The first kappa shape index (κ1) is 20.5. The van der Waals surface area contributed by atoms with E-state index in [0.717, 1.165) is 5.56 Å². The van der Waals surface area contributed by atoms with Crippen LogP contribution in [-0.2, 0) is 14.3 Å². The van der Waals surface area contributed by atoms with Crippen molar-refractivity contribution in [3.05, 3.63) is 79.4 Å². The molecule has 0 aromatic heterocycles. The fraction of sp³-hybridized carbons (Fsp3) is 0.143. The lowest BCUT2D eigenvalue weighted by molar-refractivity contribution is -0.136. The molecule has 2 aromatic rings. The maximum atomic E-state index is 13.2. The number of nitrogens with zero attached hydrogens (tertiary/aromatic N) is 1. The highest BCUT2D eigenvalue weighted by atomic mass is 35.5. The summed E-state index contributed by atoms with van der Waals surface area (Å²) in [7, 11) is 1.27. The van der Waals surface area contributed by atoms with Crippen LogP contribution in [0.2, 0.25) is 15.1 Å². The zero-order valence-corrected chi connectivity index (χ0v) is 17.6. The molecule has 0 bridgehead atoms. The number of halogens is 3. The van der Waals surface area contributed by atoms with Gasteiger partial charge >= 0.3 is 5.97 Å². The number of carbonyl (C=O) groups is 2. The predicted molar refractivity (Wildman–Crippen MR) is 113 cm³/mol.